The Kier molecular flexibility index (Phi) is 8.68. The normalized spacial score (nSPS) is 12.0. The number of aryl methyl sites for hydroxylation is 1. The zero-order chi connectivity index (χ0) is 33.1. The molecule has 1 N–H and O–H groups in total. The van der Waals surface area contributed by atoms with E-state index in [4.69, 9.17) is 9.97 Å². The first kappa shape index (κ1) is 33.4. The number of fused-ring (bicyclic) bond motifs is 2. The van der Waals surface area contributed by atoms with Crippen LogP contribution < -0.4 is 0 Å². The third-order valence-electron chi connectivity index (χ3n) is 9.13. The van der Waals surface area contributed by atoms with Crippen molar-refractivity contribution in [2.45, 2.75) is 59.3 Å². The summed E-state index contributed by atoms with van der Waals surface area (Å²) in [5, 5.41) is 12.0. The quantitative estimate of drug-likeness (QED) is 0.180. The van der Waals surface area contributed by atoms with E-state index in [0.29, 0.717) is 0 Å². The maximum Gasteiger partial charge on any atom is 0.123 e. The number of nitrogens with zero attached hydrogens (tertiary/aromatic N) is 3. The molecule has 48 heavy (non-hydrogen) atoms. The van der Waals surface area contributed by atoms with E-state index in [1.165, 1.54) is 16.7 Å². The van der Waals surface area contributed by atoms with E-state index in [2.05, 4.69) is 126 Å². The first-order chi connectivity index (χ1) is 22.4. The molecule has 7 rings (SSSR count). The molecule has 2 heterocycles. The van der Waals surface area contributed by atoms with Crippen LogP contribution in [-0.4, -0.2) is 19.6 Å². The number of benzene rings is 5. The van der Waals surface area contributed by atoms with Gasteiger partial charge in [-0.3, -0.25) is 9.97 Å². The van der Waals surface area contributed by atoms with Gasteiger partial charge in [0, 0.05) is 49.6 Å². The van der Waals surface area contributed by atoms with Crippen LogP contribution in [0.25, 0.3) is 61.3 Å². The molecule has 2 aromatic heterocycles. The molecule has 0 aliphatic carbocycles. The van der Waals surface area contributed by atoms with Crippen molar-refractivity contribution in [3.8, 4) is 45.1 Å². The Bertz CT molecular complexity index is 2290. The Labute approximate surface area is 297 Å². The van der Waals surface area contributed by atoms with Crippen LogP contribution in [0.1, 0.15) is 58.2 Å². The van der Waals surface area contributed by atoms with Gasteiger partial charge in [0.05, 0.1) is 16.9 Å². The summed E-state index contributed by atoms with van der Waals surface area (Å²) in [6, 6.07) is 39.1. The first-order valence-corrected chi connectivity index (χ1v) is 16.2. The van der Waals surface area contributed by atoms with Crippen molar-refractivity contribution in [1.29, 1.82) is 0 Å². The van der Waals surface area contributed by atoms with E-state index in [-0.39, 0.29) is 37.6 Å². The van der Waals surface area contributed by atoms with Gasteiger partial charge in [-0.2, -0.15) is 0 Å². The molecule has 0 spiro atoms. The Balaban J connectivity index is 0.00000401. The largest absolute Gasteiger partial charge is 0.507 e. The van der Waals surface area contributed by atoms with Gasteiger partial charge in [-0.05, 0) is 70.2 Å². The van der Waals surface area contributed by atoms with Gasteiger partial charge in [0.25, 0.3) is 0 Å². The van der Waals surface area contributed by atoms with Gasteiger partial charge in [0.15, 0.2) is 0 Å². The van der Waals surface area contributed by atoms with E-state index < -0.39 is 0 Å². The maximum absolute atomic E-state index is 10.8. The SMILES string of the molecule is Cc1ccnc2c(-c3[c-]c(-c4nc5c(-c6ccccc6O)cccc5n4-c4ccc(C(C)(C)C)cc4)ccc3)cc(C(C)(C)C)cc12.[Pt]. The van der Waals surface area contributed by atoms with Crippen molar-refractivity contribution in [1.82, 2.24) is 14.5 Å². The van der Waals surface area contributed by atoms with Gasteiger partial charge in [-0.1, -0.05) is 107 Å². The predicted octanol–water partition coefficient (Wildman–Crippen LogP) is 11.0. The number of para-hydroxylation sites is 2. The smallest absolute Gasteiger partial charge is 0.123 e. The number of hydrogen-bond acceptors (Lipinski definition) is 3. The number of phenols is 1. The minimum atomic E-state index is -0.0323. The van der Waals surface area contributed by atoms with Crippen LogP contribution in [0.2, 0.25) is 0 Å². The van der Waals surface area contributed by atoms with Crippen LogP contribution in [0.15, 0.2) is 109 Å². The zero-order valence-corrected chi connectivity index (χ0v) is 30.8. The average Bonchev–Trinajstić information content (AvgIpc) is 3.44. The number of hydrogen-bond donors (Lipinski definition) is 1. The Morgan fingerprint density at radius 3 is 2.02 bits per heavy atom. The van der Waals surface area contributed by atoms with Crippen molar-refractivity contribution in [2.75, 3.05) is 0 Å². The van der Waals surface area contributed by atoms with Crippen molar-refractivity contribution < 1.29 is 26.2 Å². The fourth-order valence-electron chi connectivity index (χ4n) is 6.35. The molecule has 0 radical (unpaired) electrons. The molecule has 5 heteroatoms. The van der Waals surface area contributed by atoms with Gasteiger partial charge in [0.1, 0.15) is 5.75 Å². The summed E-state index contributed by atoms with van der Waals surface area (Å²) in [6.45, 7) is 15.6. The van der Waals surface area contributed by atoms with E-state index in [1.807, 2.05) is 36.5 Å². The molecular formula is C43H40N3OPt-. The number of imidazole rings is 1. The summed E-state index contributed by atoms with van der Waals surface area (Å²) in [5.41, 5.74) is 12.0. The molecule has 4 nitrogen and oxygen atoms in total. The summed E-state index contributed by atoms with van der Waals surface area (Å²) >= 11 is 0. The molecule has 0 unspecified atom stereocenters. The Morgan fingerprint density at radius 2 is 1.31 bits per heavy atom. The molecule has 0 atom stereocenters. The molecule has 0 saturated carbocycles. The second-order valence-electron chi connectivity index (χ2n) is 14.5. The number of phenolic OH excluding ortho intramolecular Hbond substituents is 1. The summed E-state index contributed by atoms with van der Waals surface area (Å²) in [4.78, 5) is 10.2. The summed E-state index contributed by atoms with van der Waals surface area (Å²) in [6.07, 6.45) is 1.89. The average molecular weight is 810 g/mol. The molecular weight excluding hydrogens is 770 g/mol. The van der Waals surface area contributed by atoms with Crippen LogP contribution in [0.4, 0.5) is 0 Å². The standard InChI is InChI=1S/C43H40N3O.Pt/c1-27-22-23-44-39-35(27)25-31(43(5,6)7)26-36(39)28-12-10-13-29(24-28)41-45-40-34(33-14-8-9-17-38(33)47)15-11-16-37(40)46(41)32-20-18-30(19-21-32)42(2,3)4;/h8-23,25-26,47H,1-7H3;/q-1;. The van der Waals surface area contributed by atoms with Crippen LogP contribution in [0, 0.1) is 13.0 Å². The monoisotopic (exact) mass is 809 g/mol. The summed E-state index contributed by atoms with van der Waals surface area (Å²) in [5.74, 6) is 1.02. The van der Waals surface area contributed by atoms with E-state index >= 15 is 0 Å². The van der Waals surface area contributed by atoms with Crippen molar-refractivity contribution in [3.63, 3.8) is 0 Å². The van der Waals surface area contributed by atoms with Gasteiger partial charge >= 0.3 is 0 Å². The summed E-state index contributed by atoms with van der Waals surface area (Å²) in [7, 11) is 0. The van der Waals surface area contributed by atoms with Gasteiger partial charge < -0.3 is 9.67 Å². The van der Waals surface area contributed by atoms with Gasteiger partial charge in [-0.25, -0.2) is 0 Å². The Morgan fingerprint density at radius 1 is 0.646 bits per heavy atom. The topological polar surface area (TPSA) is 50.9 Å². The van der Waals surface area contributed by atoms with Crippen molar-refractivity contribution in [3.05, 3.63) is 132 Å². The molecule has 0 aliphatic heterocycles. The molecule has 0 amide bonds. The van der Waals surface area contributed by atoms with Crippen LogP contribution in [0.3, 0.4) is 0 Å². The number of pyridine rings is 1. The third kappa shape index (κ3) is 5.99. The van der Waals surface area contributed by atoms with Crippen molar-refractivity contribution >= 4 is 21.9 Å². The third-order valence-corrected chi connectivity index (χ3v) is 9.13. The first-order valence-electron chi connectivity index (χ1n) is 16.2. The second-order valence-corrected chi connectivity index (χ2v) is 14.5. The second kappa shape index (κ2) is 12.5. The number of aromatic nitrogens is 3. The number of rotatable bonds is 4. The van der Waals surface area contributed by atoms with Crippen LogP contribution >= 0.6 is 0 Å². The number of aromatic hydroxyl groups is 1. The maximum atomic E-state index is 10.8. The molecule has 0 fully saturated rings. The molecule has 244 valence electrons. The molecule has 0 bridgehead atoms. The van der Waals surface area contributed by atoms with Gasteiger partial charge in [-0.15, -0.1) is 29.8 Å². The van der Waals surface area contributed by atoms with Crippen molar-refractivity contribution in [2.24, 2.45) is 0 Å². The predicted molar refractivity (Wildman–Crippen MR) is 195 cm³/mol. The molecule has 7 aromatic rings. The summed E-state index contributed by atoms with van der Waals surface area (Å²) < 4.78 is 2.22. The van der Waals surface area contributed by atoms with E-state index in [0.717, 1.165) is 61.3 Å². The van der Waals surface area contributed by atoms with Gasteiger partial charge in [0.2, 0.25) is 0 Å². The van der Waals surface area contributed by atoms with E-state index in [9.17, 15) is 5.11 Å². The zero-order valence-electron chi connectivity index (χ0n) is 28.5. The molecule has 0 saturated heterocycles. The Hall–Kier alpha value is -4.53. The molecule has 0 aliphatic rings. The minimum Gasteiger partial charge on any atom is -0.507 e. The minimum absolute atomic E-state index is 0. The van der Waals surface area contributed by atoms with E-state index in [1.54, 1.807) is 6.07 Å². The fourth-order valence-corrected chi connectivity index (χ4v) is 6.35. The van der Waals surface area contributed by atoms with Crippen LogP contribution in [-0.2, 0) is 31.9 Å². The molecule has 5 aromatic carbocycles. The fraction of sp³-hybridized carbons (Fsp3) is 0.209. The van der Waals surface area contributed by atoms with Crippen LogP contribution in [0.5, 0.6) is 5.75 Å².